The smallest absolute Gasteiger partial charge is 0.433 e. The van der Waals surface area contributed by atoms with Crippen LogP contribution in [0.15, 0.2) is 12.1 Å². The Morgan fingerprint density at radius 2 is 1.57 bits per heavy atom. The van der Waals surface area contributed by atoms with Crippen LogP contribution in [0.5, 0.6) is 5.75 Å². The summed E-state index contributed by atoms with van der Waals surface area (Å²) in [6, 6.07) is 2.65. The molecule has 116 valence electrons. The molecule has 1 aromatic rings. The van der Waals surface area contributed by atoms with Gasteiger partial charge in [-0.2, -0.15) is 8.78 Å². The van der Waals surface area contributed by atoms with Crippen LogP contribution >= 0.6 is 23.2 Å². The van der Waals surface area contributed by atoms with Crippen LogP contribution in [0.3, 0.4) is 0 Å². The van der Waals surface area contributed by atoms with E-state index in [1.54, 1.807) is 0 Å². The lowest BCUT2D eigenvalue weighted by Gasteiger charge is -2.32. The predicted octanol–water partition coefficient (Wildman–Crippen LogP) is 3.89. The van der Waals surface area contributed by atoms with E-state index in [-0.39, 0.29) is 15.8 Å². The van der Waals surface area contributed by atoms with Crippen molar-refractivity contribution in [3.63, 3.8) is 0 Å². The molecule has 1 aromatic carbocycles. The molecule has 1 heterocycles. The van der Waals surface area contributed by atoms with Crippen LogP contribution in [0.2, 0.25) is 10.0 Å². The highest BCUT2D eigenvalue weighted by molar-refractivity contribution is 6.66. The van der Waals surface area contributed by atoms with Gasteiger partial charge in [-0.15, -0.1) is 0 Å². The largest absolute Gasteiger partial charge is 0.496 e. The summed E-state index contributed by atoms with van der Waals surface area (Å²) in [6.45, 7) is 4.63. The van der Waals surface area contributed by atoms with E-state index in [2.05, 4.69) is 4.74 Å². The van der Waals surface area contributed by atoms with E-state index in [0.717, 1.165) is 0 Å². The van der Waals surface area contributed by atoms with E-state index < -0.39 is 24.9 Å². The lowest BCUT2D eigenvalue weighted by Crippen LogP contribution is -2.41. The monoisotopic (exact) mass is 338 g/mol. The Hall–Kier alpha value is -0.555. The summed E-state index contributed by atoms with van der Waals surface area (Å²) in [4.78, 5) is 0. The molecule has 0 radical (unpaired) electrons. The van der Waals surface area contributed by atoms with Crippen molar-refractivity contribution in [2.24, 2.45) is 0 Å². The SMILES string of the molecule is CC1(C)OB(c2cc(Cl)c(OC(F)F)cc2Cl)OC1(C)C. The van der Waals surface area contributed by atoms with Gasteiger partial charge in [0.15, 0.2) is 0 Å². The van der Waals surface area contributed by atoms with Crippen LogP contribution in [0.25, 0.3) is 0 Å². The van der Waals surface area contributed by atoms with Gasteiger partial charge < -0.3 is 14.0 Å². The van der Waals surface area contributed by atoms with E-state index in [1.807, 2.05) is 27.7 Å². The predicted molar refractivity (Wildman–Crippen MR) is 78.8 cm³/mol. The van der Waals surface area contributed by atoms with Crippen molar-refractivity contribution in [1.29, 1.82) is 0 Å². The molecule has 1 saturated heterocycles. The van der Waals surface area contributed by atoms with Gasteiger partial charge in [-0.25, -0.2) is 0 Å². The maximum Gasteiger partial charge on any atom is 0.496 e. The first-order valence-corrected chi connectivity index (χ1v) is 7.08. The third-order valence-corrected chi connectivity index (χ3v) is 4.40. The van der Waals surface area contributed by atoms with Crippen LogP contribution in [0, 0.1) is 0 Å². The normalized spacial score (nSPS) is 20.1. The standard InChI is InChI=1S/C13H15BCl2F2O3/c1-12(2)13(3,4)21-14(20-12)7-5-9(16)10(6-8(7)15)19-11(17)18/h5-6,11H,1-4H3. The molecule has 0 amide bonds. The molecule has 3 nitrogen and oxygen atoms in total. The Morgan fingerprint density at radius 3 is 2.05 bits per heavy atom. The lowest BCUT2D eigenvalue weighted by atomic mass is 9.79. The van der Waals surface area contributed by atoms with Crippen molar-refractivity contribution in [2.75, 3.05) is 0 Å². The minimum atomic E-state index is -2.97. The summed E-state index contributed by atoms with van der Waals surface area (Å²) < 4.78 is 40.5. The lowest BCUT2D eigenvalue weighted by molar-refractivity contribution is -0.0497. The Balaban J connectivity index is 2.32. The number of hydrogen-bond acceptors (Lipinski definition) is 3. The number of halogens is 4. The second-order valence-corrected chi connectivity index (χ2v) is 6.59. The first-order valence-electron chi connectivity index (χ1n) is 6.33. The number of benzene rings is 1. The molecule has 0 saturated carbocycles. The molecule has 0 aliphatic carbocycles. The van der Waals surface area contributed by atoms with Crippen LogP contribution < -0.4 is 10.2 Å². The van der Waals surface area contributed by atoms with Crippen molar-refractivity contribution in [1.82, 2.24) is 0 Å². The van der Waals surface area contributed by atoms with Gasteiger partial charge in [-0.3, -0.25) is 0 Å². The summed E-state index contributed by atoms with van der Waals surface area (Å²) in [7, 11) is -0.722. The number of alkyl halides is 2. The molecule has 0 N–H and O–H groups in total. The fraction of sp³-hybridized carbons (Fsp3) is 0.538. The summed E-state index contributed by atoms with van der Waals surface area (Å²) in [5.41, 5.74) is -0.598. The van der Waals surface area contributed by atoms with Crippen molar-refractivity contribution < 1.29 is 22.8 Å². The third-order valence-electron chi connectivity index (χ3n) is 3.77. The minimum Gasteiger partial charge on any atom is -0.433 e. The highest BCUT2D eigenvalue weighted by Gasteiger charge is 2.52. The fourth-order valence-corrected chi connectivity index (χ4v) is 2.34. The number of hydrogen-bond donors (Lipinski definition) is 0. The van der Waals surface area contributed by atoms with Crippen molar-refractivity contribution in [2.45, 2.75) is 45.5 Å². The van der Waals surface area contributed by atoms with Crippen molar-refractivity contribution in [3.8, 4) is 5.75 Å². The number of rotatable bonds is 3. The topological polar surface area (TPSA) is 27.7 Å². The molecule has 0 bridgehead atoms. The molecule has 1 aliphatic rings. The molecule has 1 aliphatic heterocycles. The Labute approximate surface area is 132 Å². The second kappa shape index (κ2) is 5.58. The third kappa shape index (κ3) is 3.28. The highest BCUT2D eigenvalue weighted by Crippen LogP contribution is 2.38. The Kier molecular flexibility index (Phi) is 4.46. The average molecular weight is 339 g/mol. The van der Waals surface area contributed by atoms with Crippen LogP contribution in [-0.2, 0) is 9.31 Å². The number of ether oxygens (including phenoxy) is 1. The minimum absolute atomic E-state index is 0.0180. The van der Waals surface area contributed by atoms with E-state index in [0.29, 0.717) is 5.46 Å². The zero-order valence-corrected chi connectivity index (χ0v) is 13.6. The fourth-order valence-electron chi connectivity index (χ4n) is 1.88. The van der Waals surface area contributed by atoms with Gasteiger partial charge in [0.1, 0.15) is 5.75 Å². The Morgan fingerprint density at radius 1 is 1.05 bits per heavy atom. The molecule has 21 heavy (non-hydrogen) atoms. The average Bonchev–Trinajstić information content (AvgIpc) is 2.52. The molecule has 2 rings (SSSR count). The first-order chi connectivity index (χ1) is 9.53. The second-order valence-electron chi connectivity index (χ2n) is 5.77. The molecule has 0 unspecified atom stereocenters. The van der Waals surface area contributed by atoms with Crippen molar-refractivity contribution >= 4 is 35.8 Å². The van der Waals surface area contributed by atoms with Crippen LogP contribution in [0.1, 0.15) is 27.7 Å². The van der Waals surface area contributed by atoms with E-state index in [1.165, 1.54) is 12.1 Å². The van der Waals surface area contributed by atoms with Crippen LogP contribution in [0.4, 0.5) is 8.78 Å². The molecule has 1 fully saturated rings. The van der Waals surface area contributed by atoms with E-state index in [4.69, 9.17) is 32.5 Å². The van der Waals surface area contributed by atoms with Crippen LogP contribution in [-0.4, -0.2) is 24.9 Å². The quantitative estimate of drug-likeness (QED) is 0.782. The van der Waals surface area contributed by atoms with Gasteiger partial charge >= 0.3 is 13.7 Å². The maximum absolute atomic E-state index is 12.3. The van der Waals surface area contributed by atoms with E-state index in [9.17, 15) is 8.78 Å². The van der Waals surface area contributed by atoms with Gasteiger partial charge in [-0.05, 0) is 33.8 Å². The molecular formula is C13H15BCl2F2O3. The molecular weight excluding hydrogens is 324 g/mol. The van der Waals surface area contributed by atoms with Gasteiger partial charge in [-0.1, -0.05) is 23.2 Å². The summed E-state index contributed by atoms with van der Waals surface area (Å²) in [5.74, 6) is -0.183. The maximum atomic E-state index is 12.3. The molecule has 0 aromatic heterocycles. The zero-order valence-electron chi connectivity index (χ0n) is 12.0. The molecule has 8 heteroatoms. The summed E-state index contributed by atoms with van der Waals surface area (Å²) in [5, 5.41) is 0.206. The van der Waals surface area contributed by atoms with Gasteiger partial charge in [0, 0.05) is 16.6 Å². The Bertz CT molecular complexity index is 536. The summed E-state index contributed by atoms with van der Waals surface area (Å²) >= 11 is 12.0. The summed E-state index contributed by atoms with van der Waals surface area (Å²) in [6.07, 6.45) is 0. The highest BCUT2D eigenvalue weighted by atomic mass is 35.5. The molecule has 0 atom stereocenters. The zero-order chi connectivity index (χ0) is 16.0. The van der Waals surface area contributed by atoms with E-state index >= 15 is 0 Å². The van der Waals surface area contributed by atoms with Crippen molar-refractivity contribution in [3.05, 3.63) is 22.2 Å². The van der Waals surface area contributed by atoms with Gasteiger partial charge in [0.2, 0.25) is 0 Å². The van der Waals surface area contributed by atoms with Gasteiger partial charge in [0.25, 0.3) is 0 Å². The molecule has 0 spiro atoms. The van der Waals surface area contributed by atoms with Gasteiger partial charge in [0.05, 0.1) is 16.2 Å². The first kappa shape index (κ1) is 16.8.